The molecule has 0 amide bonds. The van der Waals surface area contributed by atoms with Gasteiger partial charge in [-0.15, -0.1) is 23.5 Å². The summed E-state index contributed by atoms with van der Waals surface area (Å²) in [5.74, 6) is -43.4. The van der Waals surface area contributed by atoms with Gasteiger partial charge < -0.3 is 4.79 Å². The molecule has 0 heterocycles. The number of carbonyl (C=O) groups excluding carboxylic acids is 1. The van der Waals surface area contributed by atoms with E-state index in [1.165, 1.54) is 0 Å². The fourth-order valence-electron chi connectivity index (χ4n) is 1.86. The van der Waals surface area contributed by atoms with Gasteiger partial charge in [-0.25, -0.2) is 0 Å². The number of thioether (sulfide) groups is 2. The van der Waals surface area contributed by atoms with Crippen LogP contribution < -0.4 is 0 Å². The van der Waals surface area contributed by atoms with Crippen molar-refractivity contribution in [1.82, 2.24) is 0 Å². The van der Waals surface area contributed by atoms with Crippen molar-refractivity contribution >= 4 is 29.8 Å². The first-order valence-electron chi connectivity index (χ1n) is 8.23. The fraction of sp³-hybridized carbons (Fsp3) is 0.929. The van der Waals surface area contributed by atoms with Crippen molar-refractivity contribution in [1.29, 1.82) is 0 Å². The number of hydrogen-bond acceptors (Lipinski definition) is 3. The number of hydrogen-bond donors (Lipinski definition) is 0. The van der Waals surface area contributed by atoms with Gasteiger partial charge in [0, 0.05) is 24.3 Å². The van der Waals surface area contributed by atoms with Crippen LogP contribution in [0.4, 0.5) is 79.0 Å². The zero-order chi connectivity index (χ0) is 28.5. The minimum atomic E-state index is -7.19. The standard InChI is InChI=1S/C14H10F18OS2/c15-7(16,9(19,20)11(23,24)13(27,28)29)1-3-34-6(5-33)35-4-2-8(17,18)10(21,22)12(25,26)14(30,31)32/h5-6H,1-4H2. The predicted octanol–water partition coefficient (Wildman–Crippen LogP) is 7.69. The summed E-state index contributed by atoms with van der Waals surface area (Å²) >= 11 is -0.509. The number of halogens is 18. The van der Waals surface area contributed by atoms with Crippen molar-refractivity contribution in [3.05, 3.63) is 0 Å². The van der Waals surface area contributed by atoms with Gasteiger partial charge in [-0.1, -0.05) is 0 Å². The topological polar surface area (TPSA) is 17.1 Å². The highest BCUT2D eigenvalue weighted by molar-refractivity contribution is 8.17. The van der Waals surface area contributed by atoms with Crippen LogP contribution in [0.3, 0.4) is 0 Å². The van der Waals surface area contributed by atoms with Gasteiger partial charge in [0.25, 0.3) is 0 Å². The van der Waals surface area contributed by atoms with Crippen LogP contribution in [0.15, 0.2) is 0 Å². The molecular weight excluding hydrogens is 590 g/mol. The van der Waals surface area contributed by atoms with Gasteiger partial charge in [0.1, 0.15) is 10.9 Å². The first kappa shape index (κ1) is 34.1. The lowest BCUT2D eigenvalue weighted by Crippen LogP contribution is -2.61. The van der Waals surface area contributed by atoms with E-state index in [-0.39, 0.29) is 29.8 Å². The molecule has 0 aliphatic heterocycles. The van der Waals surface area contributed by atoms with Gasteiger partial charge in [-0.3, -0.25) is 0 Å². The Labute approximate surface area is 191 Å². The molecule has 0 saturated heterocycles. The van der Waals surface area contributed by atoms with Crippen molar-refractivity contribution in [3.8, 4) is 0 Å². The highest BCUT2D eigenvalue weighted by Crippen LogP contribution is 2.55. The molecule has 1 nitrogen and oxygen atoms in total. The van der Waals surface area contributed by atoms with E-state index in [0.29, 0.717) is 0 Å². The van der Waals surface area contributed by atoms with Gasteiger partial charge in [0.05, 0.1) is 0 Å². The summed E-state index contributed by atoms with van der Waals surface area (Å²) in [5.41, 5.74) is 0. The lowest BCUT2D eigenvalue weighted by Gasteiger charge is -2.34. The molecule has 0 fully saturated rings. The van der Waals surface area contributed by atoms with Crippen molar-refractivity contribution < 1.29 is 83.8 Å². The predicted molar refractivity (Wildman–Crippen MR) is 85.8 cm³/mol. The molecule has 0 aliphatic carbocycles. The average Bonchev–Trinajstić information content (AvgIpc) is 2.64. The van der Waals surface area contributed by atoms with Gasteiger partial charge >= 0.3 is 47.9 Å². The molecule has 0 radical (unpaired) electrons. The monoisotopic (exact) mass is 600 g/mol. The number of carbonyl (C=O) groups is 1. The maximum atomic E-state index is 13.3. The van der Waals surface area contributed by atoms with Crippen LogP contribution in [0, 0.1) is 0 Å². The van der Waals surface area contributed by atoms with Crippen LogP contribution in [0.1, 0.15) is 12.8 Å². The highest BCUT2D eigenvalue weighted by Gasteiger charge is 2.82. The summed E-state index contributed by atoms with van der Waals surface area (Å²) in [6, 6.07) is 0. The minimum absolute atomic E-state index is 0.255. The molecular formula is C14H10F18OS2. The normalized spacial score (nSPS) is 15.6. The highest BCUT2D eigenvalue weighted by atomic mass is 32.2. The molecule has 0 bridgehead atoms. The van der Waals surface area contributed by atoms with Gasteiger partial charge in [0.2, 0.25) is 0 Å². The van der Waals surface area contributed by atoms with Gasteiger partial charge in [-0.2, -0.15) is 79.0 Å². The molecule has 0 unspecified atom stereocenters. The van der Waals surface area contributed by atoms with Crippen LogP contribution in [0.2, 0.25) is 0 Å². The molecule has 35 heavy (non-hydrogen) atoms. The average molecular weight is 600 g/mol. The summed E-state index contributed by atoms with van der Waals surface area (Å²) in [5, 5.41) is 0. The van der Waals surface area contributed by atoms with Gasteiger partial charge in [-0.05, 0) is 0 Å². The number of rotatable bonds is 13. The Kier molecular flexibility index (Phi) is 10.2. The lowest BCUT2D eigenvalue weighted by molar-refractivity contribution is -0.396. The van der Waals surface area contributed by atoms with Crippen molar-refractivity contribution in [3.63, 3.8) is 0 Å². The lowest BCUT2D eigenvalue weighted by atomic mass is 10.0. The van der Waals surface area contributed by atoms with E-state index in [0.717, 1.165) is 0 Å². The van der Waals surface area contributed by atoms with E-state index in [1.54, 1.807) is 0 Å². The van der Waals surface area contributed by atoms with E-state index in [1.807, 2.05) is 0 Å². The van der Waals surface area contributed by atoms with Crippen molar-refractivity contribution in [2.75, 3.05) is 11.5 Å². The van der Waals surface area contributed by atoms with E-state index >= 15 is 0 Å². The third-order valence-electron chi connectivity index (χ3n) is 3.93. The Morgan fingerprint density at radius 3 is 0.943 bits per heavy atom. The maximum absolute atomic E-state index is 13.3. The molecule has 0 aromatic heterocycles. The Balaban J connectivity index is 5.14. The van der Waals surface area contributed by atoms with Crippen LogP contribution in [0.25, 0.3) is 0 Å². The summed E-state index contributed by atoms with van der Waals surface area (Å²) in [7, 11) is 0. The Morgan fingerprint density at radius 2 is 0.743 bits per heavy atom. The second-order valence-electron chi connectivity index (χ2n) is 6.45. The van der Waals surface area contributed by atoms with Crippen LogP contribution in [0.5, 0.6) is 0 Å². The van der Waals surface area contributed by atoms with E-state index < -0.39 is 76.8 Å². The Hall–Kier alpha value is -0.890. The zero-order valence-electron chi connectivity index (χ0n) is 16.0. The van der Waals surface area contributed by atoms with Crippen molar-refractivity contribution in [2.24, 2.45) is 0 Å². The molecule has 0 spiro atoms. The van der Waals surface area contributed by atoms with Crippen LogP contribution in [-0.4, -0.2) is 70.3 Å². The first-order chi connectivity index (χ1) is 15.1. The third-order valence-corrected chi connectivity index (χ3v) is 6.50. The molecule has 0 rings (SSSR count). The van der Waals surface area contributed by atoms with Crippen molar-refractivity contribution in [2.45, 2.75) is 65.3 Å². The molecule has 0 saturated carbocycles. The maximum Gasteiger partial charge on any atom is 0.460 e. The Bertz CT molecular complexity index is 657. The fourth-order valence-corrected chi connectivity index (χ4v) is 4.20. The summed E-state index contributed by atoms with van der Waals surface area (Å²) < 4.78 is 227. The summed E-state index contributed by atoms with van der Waals surface area (Å²) in [6.07, 6.45) is -19.4. The molecule has 210 valence electrons. The third kappa shape index (κ3) is 6.71. The smallest absolute Gasteiger partial charge is 0.301 e. The zero-order valence-corrected chi connectivity index (χ0v) is 17.6. The summed E-state index contributed by atoms with van der Waals surface area (Å²) in [6.45, 7) is 0. The second-order valence-corrected chi connectivity index (χ2v) is 9.25. The molecule has 0 aliphatic rings. The SMILES string of the molecule is O=CC(SCCC(F)(F)C(F)(F)C(F)(F)C(F)(F)F)SCCC(F)(F)C(F)(F)C(F)(F)C(F)(F)F. The molecule has 0 N–H and O–H groups in total. The second kappa shape index (κ2) is 10.5. The molecule has 21 heteroatoms. The van der Waals surface area contributed by atoms with Crippen LogP contribution in [-0.2, 0) is 4.79 Å². The van der Waals surface area contributed by atoms with E-state index in [4.69, 9.17) is 0 Å². The van der Waals surface area contributed by atoms with Crippen LogP contribution >= 0.6 is 23.5 Å². The molecule has 0 atom stereocenters. The number of alkyl halides is 18. The Morgan fingerprint density at radius 1 is 0.486 bits per heavy atom. The van der Waals surface area contributed by atoms with E-state index in [2.05, 4.69) is 0 Å². The number of aldehydes is 1. The minimum Gasteiger partial charge on any atom is -0.301 e. The molecule has 0 aromatic carbocycles. The largest absolute Gasteiger partial charge is 0.460 e. The summed E-state index contributed by atoms with van der Waals surface area (Å²) in [4.78, 5) is 10.7. The van der Waals surface area contributed by atoms with Gasteiger partial charge in [0.15, 0.2) is 0 Å². The quantitative estimate of drug-likeness (QED) is 0.123. The first-order valence-corrected chi connectivity index (χ1v) is 10.3. The molecule has 0 aromatic rings. The van der Waals surface area contributed by atoms with E-state index in [9.17, 15) is 83.8 Å².